The maximum absolute atomic E-state index is 12.0. The van der Waals surface area contributed by atoms with E-state index >= 15 is 0 Å². The van der Waals surface area contributed by atoms with E-state index in [-0.39, 0.29) is 5.91 Å². The van der Waals surface area contributed by atoms with Gasteiger partial charge in [-0.05, 0) is 41.6 Å². The Kier molecular flexibility index (Phi) is 4.29. The van der Waals surface area contributed by atoms with E-state index < -0.39 is 0 Å². The first-order chi connectivity index (χ1) is 9.06. The smallest absolute Gasteiger partial charge is 0.265 e. The Labute approximate surface area is 121 Å². The van der Waals surface area contributed by atoms with Gasteiger partial charge in [-0.25, -0.2) is 0 Å². The third-order valence-corrected chi connectivity index (χ3v) is 3.82. The molecule has 1 aromatic heterocycles. The summed E-state index contributed by atoms with van der Waals surface area (Å²) in [7, 11) is 0. The van der Waals surface area contributed by atoms with Crippen molar-refractivity contribution in [3.8, 4) is 0 Å². The van der Waals surface area contributed by atoms with Gasteiger partial charge in [0.25, 0.3) is 5.91 Å². The van der Waals surface area contributed by atoms with E-state index in [1.807, 2.05) is 42.6 Å². The van der Waals surface area contributed by atoms with Crippen molar-refractivity contribution in [2.24, 2.45) is 5.73 Å². The lowest BCUT2D eigenvalue weighted by Crippen LogP contribution is -2.12. The number of amides is 1. The lowest BCUT2D eigenvalue weighted by molar-refractivity contribution is 0.103. The van der Waals surface area contributed by atoms with Crippen molar-refractivity contribution >= 4 is 40.1 Å². The molecule has 3 nitrogen and oxygen atoms in total. The van der Waals surface area contributed by atoms with E-state index in [1.165, 1.54) is 11.3 Å². The summed E-state index contributed by atoms with van der Waals surface area (Å²) in [5.41, 5.74) is 8.29. The lowest BCUT2D eigenvalue weighted by atomic mass is 10.1. The molecule has 0 bridgehead atoms. The molecule has 2 rings (SSSR count). The van der Waals surface area contributed by atoms with Gasteiger partial charge < -0.3 is 11.1 Å². The van der Waals surface area contributed by atoms with Gasteiger partial charge in [0.15, 0.2) is 0 Å². The summed E-state index contributed by atoms with van der Waals surface area (Å²) in [6, 6.07) is 9.47. The average Bonchev–Trinajstić information content (AvgIpc) is 2.77. The first-order valence-electron chi connectivity index (χ1n) is 5.79. The fourth-order valence-electron chi connectivity index (χ4n) is 1.70. The summed E-state index contributed by atoms with van der Waals surface area (Å²) in [6.45, 7) is 1.93. The molecule has 1 heterocycles. The Morgan fingerprint density at radius 1 is 1.32 bits per heavy atom. The van der Waals surface area contributed by atoms with Crippen LogP contribution in [-0.2, 0) is 6.42 Å². The van der Waals surface area contributed by atoms with Gasteiger partial charge in [-0.3, -0.25) is 4.79 Å². The maximum atomic E-state index is 12.0. The Bertz CT molecular complexity index is 602. The standard InChI is InChI=1S/C14H14N2OS2/c1-9-6-7-19-13(9)14(17)16-11-4-2-10(3-5-11)8-12(15)18/h2-7H,8H2,1H3,(H2,15,18)(H,16,17). The molecule has 98 valence electrons. The van der Waals surface area contributed by atoms with E-state index in [1.54, 1.807) is 0 Å². The molecule has 1 amide bonds. The minimum Gasteiger partial charge on any atom is -0.393 e. The summed E-state index contributed by atoms with van der Waals surface area (Å²) in [5.74, 6) is -0.0744. The van der Waals surface area contributed by atoms with E-state index in [2.05, 4.69) is 5.32 Å². The maximum Gasteiger partial charge on any atom is 0.265 e. The van der Waals surface area contributed by atoms with Crippen molar-refractivity contribution in [2.45, 2.75) is 13.3 Å². The first-order valence-corrected chi connectivity index (χ1v) is 7.08. The molecule has 0 spiro atoms. The highest BCUT2D eigenvalue weighted by atomic mass is 32.1. The van der Waals surface area contributed by atoms with Crippen LogP contribution in [-0.4, -0.2) is 10.9 Å². The quantitative estimate of drug-likeness (QED) is 0.851. The molecule has 0 aliphatic rings. The van der Waals surface area contributed by atoms with Crippen LogP contribution in [0.5, 0.6) is 0 Å². The van der Waals surface area contributed by atoms with Crippen LogP contribution in [0.15, 0.2) is 35.7 Å². The molecule has 0 saturated heterocycles. The van der Waals surface area contributed by atoms with Crippen LogP contribution in [0.3, 0.4) is 0 Å². The van der Waals surface area contributed by atoms with Gasteiger partial charge >= 0.3 is 0 Å². The number of carbonyl (C=O) groups is 1. The third-order valence-electron chi connectivity index (χ3n) is 2.66. The molecule has 0 saturated carbocycles. The van der Waals surface area contributed by atoms with Crippen molar-refractivity contribution < 1.29 is 4.79 Å². The van der Waals surface area contributed by atoms with Crippen molar-refractivity contribution in [1.29, 1.82) is 0 Å². The predicted octanol–water partition coefficient (Wildman–Crippen LogP) is 3.14. The number of aryl methyl sites for hydroxylation is 1. The summed E-state index contributed by atoms with van der Waals surface area (Å²) in [6.07, 6.45) is 0.577. The van der Waals surface area contributed by atoms with Crippen LogP contribution in [0.2, 0.25) is 0 Å². The Hall–Kier alpha value is -1.72. The van der Waals surface area contributed by atoms with Gasteiger partial charge in [0.1, 0.15) is 0 Å². The highest BCUT2D eigenvalue weighted by molar-refractivity contribution is 7.80. The Balaban J connectivity index is 2.06. The van der Waals surface area contributed by atoms with Crippen molar-refractivity contribution in [2.75, 3.05) is 5.32 Å². The molecule has 2 aromatic rings. The highest BCUT2D eigenvalue weighted by Gasteiger charge is 2.10. The molecule has 0 aliphatic heterocycles. The fourth-order valence-corrected chi connectivity index (χ4v) is 2.69. The van der Waals surface area contributed by atoms with Gasteiger partial charge in [0.2, 0.25) is 0 Å². The molecular formula is C14H14N2OS2. The number of benzene rings is 1. The molecule has 5 heteroatoms. The Morgan fingerprint density at radius 3 is 2.53 bits per heavy atom. The second-order valence-electron chi connectivity index (χ2n) is 4.23. The number of thiocarbonyl (C=S) groups is 1. The van der Waals surface area contributed by atoms with Crippen molar-refractivity contribution in [3.05, 3.63) is 51.7 Å². The van der Waals surface area contributed by atoms with E-state index in [0.717, 1.165) is 21.7 Å². The first kappa shape index (κ1) is 13.7. The fraction of sp³-hybridized carbons (Fsp3) is 0.143. The van der Waals surface area contributed by atoms with Gasteiger partial charge in [0.05, 0.1) is 9.87 Å². The number of thiophene rings is 1. The largest absolute Gasteiger partial charge is 0.393 e. The highest BCUT2D eigenvalue weighted by Crippen LogP contribution is 2.18. The molecule has 0 fully saturated rings. The number of anilines is 1. The number of rotatable bonds is 4. The average molecular weight is 290 g/mol. The molecule has 19 heavy (non-hydrogen) atoms. The number of carbonyl (C=O) groups excluding carboxylic acids is 1. The second kappa shape index (κ2) is 5.95. The zero-order valence-electron chi connectivity index (χ0n) is 10.5. The number of hydrogen-bond acceptors (Lipinski definition) is 3. The zero-order valence-corrected chi connectivity index (χ0v) is 12.1. The van der Waals surface area contributed by atoms with Crippen LogP contribution in [0, 0.1) is 6.92 Å². The molecule has 0 aliphatic carbocycles. The van der Waals surface area contributed by atoms with Crippen molar-refractivity contribution in [3.63, 3.8) is 0 Å². The molecular weight excluding hydrogens is 276 g/mol. The van der Waals surface area contributed by atoms with Crippen LogP contribution in [0.25, 0.3) is 0 Å². The molecule has 0 radical (unpaired) electrons. The summed E-state index contributed by atoms with van der Waals surface area (Å²) >= 11 is 6.30. The van der Waals surface area contributed by atoms with Crippen LogP contribution in [0.4, 0.5) is 5.69 Å². The van der Waals surface area contributed by atoms with E-state index in [4.69, 9.17) is 18.0 Å². The van der Waals surface area contributed by atoms with Gasteiger partial charge in [-0.1, -0.05) is 24.4 Å². The lowest BCUT2D eigenvalue weighted by Gasteiger charge is -2.06. The molecule has 1 aromatic carbocycles. The summed E-state index contributed by atoms with van der Waals surface area (Å²) in [5, 5.41) is 4.79. The van der Waals surface area contributed by atoms with Gasteiger partial charge in [-0.15, -0.1) is 11.3 Å². The topological polar surface area (TPSA) is 55.1 Å². The molecule has 3 N–H and O–H groups in total. The molecule has 0 unspecified atom stereocenters. The van der Waals surface area contributed by atoms with E-state index in [0.29, 0.717) is 11.4 Å². The predicted molar refractivity (Wildman–Crippen MR) is 83.9 cm³/mol. The molecule has 0 atom stereocenters. The summed E-state index contributed by atoms with van der Waals surface area (Å²) < 4.78 is 0. The SMILES string of the molecule is Cc1ccsc1C(=O)Nc1ccc(CC(N)=S)cc1. The normalized spacial score (nSPS) is 10.2. The Morgan fingerprint density at radius 2 is 2.00 bits per heavy atom. The van der Waals surface area contributed by atoms with Crippen LogP contribution < -0.4 is 11.1 Å². The zero-order chi connectivity index (χ0) is 13.8. The summed E-state index contributed by atoms with van der Waals surface area (Å²) in [4.78, 5) is 13.2. The third kappa shape index (κ3) is 3.62. The minimum atomic E-state index is -0.0744. The number of hydrogen-bond donors (Lipinski definition) is 2. The number of nitrogens with one attached hydrogen (secondary N) is 1. The van der Waals surface area contributed by atoms with E-state index in [9.17, 15) is 4.79 Å². The second-order valence-corrected chi connectivity index (χ2v) is 5.67. The van der Waals surface area contributed by atoms with Crippen LogP contribution >= 0.6 is 23.6 Å². The van der Waals surface area contributed by atoms with Gasteiger partial charge in [-0.2, -0.15) is 0 Å². The minimum absolute atomic E-state index is 0.0744. The van der Waals surface area contributed by atoms with Gasteiger partial charge in [0, 0.05) is 12.1 Å². The van der Waals surface area contributed by atoms with Crippen LogP contribution in [0.1, 0.15) is 20.8 Å². The number of nitrogens with two attached hydrogens (primary N) is 1. The monoisotopic (exact) mass is 290 g/mol. The van der Waals surface area contributed by atoms with Crippen molar-refractivity contribution in [1.82, 2.24) is 0 Å².